The minimum absolute atomic E-state index is 0.190. The van der Waals surface area contributed by atoms with Crippen LogP contribution in [0.25, 0.3) is 10.2 Å². The zero-order chi connectivity index (χ0) is 26.7. The minimum atomic E-state index is -3.57. The summed E-state index contributed by atoms with van der Waals surface area (Å²) in [4.78, 5) is 22.3. The Morgan fingerprint density at radius 1 is 1.05 bits per heavy atom. The number of fused-ring (bicyclic) bond motifs is 1. The monoisotopic (exact) mass is 559 g/mol. The van der Waals surface area contributed by atoms with Crippen LogP contribution in [0.15, 0.2) is 41.3 Å². The fourth-order valence-electron chi connectivity index (χ4n) is 4.71. The molecule has 2 saturated heterocycles. The predicted octanol–water partition coefficient (Wildman–Crippen LogP) is 2.19. The summed E-state index contributed by atoms with van der Waals surface area (Å²) in [7, 11) is -1.90. The second-order valence-electron chi connectivity index (χ2n) is 9.38. The van der Waals surface area contributed by atoms with Crippen molar-refractivity contribution in [2.75, 3.05) is 77.6 Å². The van der Waals surface area contributed by atoms with Gasteiger partial charge >= 0.3 is 0 Å². The number of ether oxygens (including phenoxy) is 2. The van der Waals surface area contributed by atoms with E-state index in [2.05, 4.69) is 28.1 Å². The second-order valence-corrected chi connectivity index (χ2v) is 12.3. The molecular formula is C26H33N5O5S2. The number of benzene rings is 2. The first-order chi connectivity index (χ1) is 18.4. The van der Waals surface area contributed by atoms with Crippen LogP contribution in [-0.4, -0.2) is 101 Å². The zero-order valence-corrected chi connectivity index (χ0v) is 23.3. The van der Waals surface area contributed by atoms with Gasteiger partial charge in [0.1, 0.15) is 11.3 Å². The maximum absolute atomic E-state index is 12.8. The molecule has 0 aliphatic carbocycles. The Morgan fingerprint density at radius 2 is 1.76 bits per heavy atom. The van der Waals surface area contributed by atoms with E-state index in [9.17, 15) is 13.2 Å². The molecule has 1 amide bonds. The van der Waals surface area contributed by atoms with Crippen LogP contribution in [0.1, 0.15) is 15.9 Å². The van der Waals surface area contributed by atoms with Crippen molar-refractivity contribution in [1.82, 2.24) is 19.5 Å². The summed E-state index contributed by atoms with van der Waals surface area (Å²) in [6, 6.07) is 10.2. The molecule has 2 aliphatic heterocycles. The number of hydrogen-bond donors (Lipinski definition) is 1. The van der Waals surface area contributed by atoms with Crippen molar-refractivity contribution >= 4 is 42.6 Å². The van der Waals surface area contributed by atoms with Crippen molar-refractivity contribution in [1.29, 1.82) is 0 Å². The number of amides is 1. The summed E-state index contributed by atoms with van der Waals surface area (Å²) in [6.45, 7) is 8.34. The van der Waals surface area contributed by atoms with Crippen molar-refractivity contribution in [3.8, 4) is 5.75 Å². The lowest BCUT2D eigenvalue weighted by Crippen LogP contribution is -2.48. The zero-order valence-electron chi connectivity index (χ0n) is 21.7. The summed E-state index contributed by atoms with van der Waals surface area (Å²) in [5.74, 6) is 0.591. The van der Waals surface area contributed by atoms with E-state index in [1.54, 1.807) is 30.6 Å². The van der Waals surface area contributed by atoms with Crippen molar-refractivity contribution in [3.63, 3.8) is 0 Å². The summed E-state index contributed by atoms with van der Waals surface area (Å²) in [6.07, 6.45) is 0. The molecule has 38 heavy (non-hydrogen) atoms. The lowest BCUT2D eigenvalue weighted by atomic mass is 10.2. The average molecular weight is 560 g/mol. The molecule has 5 rings (SSSR count). The molecule has 0 bridgehead atoms. The van der Waals surface area contributed by atoms with Crippen molar-refractivity contribution < 1.29 is 22.7 Å². The van der Waals surface area contributed by atoms with E-state index in [1.807, 2.05) is 6.07 Å². The van der Waals surface area contributed by atoms with Crippen LogP contribution in [-0.2, 0) is 14.8 Å². The molecule has 0 saturated carbocycles. The fraction of sp³-hybridized carbons (Fsp3) is 0.462. The minimum Gasteiger partial charge on any atom is -0.494 e. The highest BCUT2D eigenvalue weighted by molar-refractivity contribution is 7.89. The van der Waals surface area contributed by atoms with Crippen LogP contribution in [0.5, 0.6) is 5.75 Å². The number of aromatic nitrogens is 1. The highest BCUT2D eigenvalue weighted by atomic mass is 32.2. The number of rotatable bonds is 8. The Bertz CT molecular complexity index is 1380. The third kappa shape index (κ3) is 5.64. The number of anilines is 1. The quantitative estimate of drug-likeness (QED) is 0.448. The summed E-state index contributed by atoms with van der Waals surface area (Å²) < 4.78 is 38.9. The molecule has 2 aliphatic rings. The number of hydrogen-bond acceptors (Lipinski definition) is 9. The van der Waals surface area contributed by atoms with Gasteiger partial charge in [0.2, 0.25) is 10.0 Å². The Kier molecular flexibility index (Phi) is 8.15. The van der Waals surface area contributed by atoms with Gasteiger partial charge < -0.3 is 19.7 Å². The predicted molar refractivity (Wildman–Crippen MR) is 148 cm³/mol. The standard InChI is InChI=1S/C26H33N5O5S2/c1-19-3-8-22(35-2)23-24(19)37-26(28-23)30-13-11-29(12-14-30)10-9-27-25(32)20-4-6-21(7-5-20)38(33,34)31-15-17-36-18-16-31/h3-8H,9-18H2,1-2H3,(H,27,32). The third-order valence-electron chi connectivity index (χ3n) is 6.99. The molecule has 2 fully saturated rings. The lowest BCUT2D eigenvalue weighted by Gasteiger charge is -2.34. The van der Waals surface area contributed by atoms with Crippen LogP contribution in [0.3, 0.4) is 0 Å². The molecule has 10 nitrogen and oxygen atoms in total. The summed E-state index contributed by atoms with van der Waals surface area (Å²) >= 11 is 1.70. The van der Waals surface area contributed by atoms with Gasteiger partial charge in [0.15, 0.2) is 5.13 Å². The van der Waals surface area contributed by atoms with Gasteiger partial charge in [0.05, 0.1) is 29.9 Å². The van der Waals surface area contributed by atoms with Gasteiger partial charge in [-0.3, -0.25) is 9.69 Å². The second kappa shape index (κ2) is 11.5. The molecule has 3 aromatic rings. The maximum atomic E-state index is 12.8. The number of nitrogens with one attached hydrogen (secondary N) is 1. The Balaban J connectivity index is 1.10. The van der Waals surface area contributed by atoms with Gasteiger partial charge in [0, 0.05) is 57.9 Å². The molecule has 1 aromatic heterocycles. The van der Waals surface area contributed by atoms with Crippen LogP contribution in [0.4, 0.5) is 5.13 Å². The smallest absolute Gasteiger partial charge is 0.251 e. The number of morpholine rings is 1. The number of piperazine rings is 1. The van der Waals surface area contributed by atoms with E-state index >= 15 is 0 Å². The van der Waals surface area contributed by atoms with Crippen molar-refractivity contribution in [3.05, 3.63) is 47.5 Å². The summed E-state index contributed by atoms with van der Waals surface area (Å²) in [5, 5.41) is 3.97. The molecular weight excluding hydrogens is 526 g/mol. The first kappa shape index (κ1) is 26.8. The number of sulfonamides is 1. The van der Waals surface area contributed by atoms with Crippen LogP contribution < -0.4 is 15.0 Å². The van der Waals surface area contributed by atoms with Crippen LogP contribution >= 0.6 is 11.3 Å². The molecule has 204 valence electrons. The Morgan fingerprint density at radius 3 is 2.45 bits per heavy atom. The number of carbonyl (C=O) groups is 1. The number of thiazole rings is 1. The van der Waals surface area contributed by atoms with E-state index in [4.69, 9.17) is 14.5 Å². The highest BCUT2D eigenvalue weighted by Crippen LogP contribution is 2.36. The molecule has 0 atom stereocenters. The van der Waals surface area contributed by atoms with Gasteiger partial charge in [-0.1, -0.05) is 17.4 Å². The first-order valence-electron chi connectivity index (χ1n) is 12.7. The molecule has 3 heterocycles. The third-order valence-corrected chi connectivity index (χ3v) is 10.2. The van der Waals surface area contributed by atoms with E-state index in [-0.39, 0.29) is 10.8 Å². The lowest BCUT2D eigenvalue weighted by molar-refractivity contribution is 0.0730. The van der Waals surface area contributed by atoms with Gasteiger partial charge in [-0.25, -0.2) is 13.4 Å². The topological polar surface area (TPSA) is 104 Å². The van der Waals surface area contributed by atoms with E-state index < -0.39 is 10.0 Å². The molecule has 12 heteroatoms. The highest BCUT2D eigenvalue weighted by Gasteiger charge is 2.26. The van der Waals surface area contributed by atoms with Gasteiger partial charge in [0.25, 0.3) is 5.91 Å². The number of carbonyl (C=O) groups excluding carboxylic acids is 1. The van der Waals surface area contributed by atoms with Crippen LogP contribution in [0.2, 0.25) is 0 Å². The molecule has 0 spiro atoms. The van der Waals surface area contributed by atoms with E-state index in [1.165, 1.54) is 22.0 Å². The average Bonchev–Trinajstić information content (AvgIpc) is 3.41. The van der Waals surface area contributed by atoms with Crippen molar-refractivity contribution in [2.24, 2.45) is 0 Å². The SMILES string of the molecule is COc1ccc(C)c2sc(N3CCN(CCNC(=O)c4ccc(S(=O)(=O)N5CCOCC5)cc4)CC3)nc12. The maximum Gasteiger partial charge on any atom is 0.251 e. The number of methoxy groups -OCH3 is 1. The largest absolute Gasteiger partial charge is 0.494 e. The Labute approximate surface area is 227 Å². The molecule has 0 radical (unpaired) electrons. The fourth-order valence-corrected chi connectivity index (χ4v) is 7.22. The molecule has 1 N–H and O–H groups in total. The van der Waals surface area contributed by atoms with Gasteiger partial charge in [-0.05, 0) is 42.8 Å². The van der Waals surface area contributed by atoms with Gasteiger partial charge in [-0.2, -0.15) is 4.31 Å². The normalized spacial score (nSPS) is 17.6. The van der Waals surface area contributed by atoms with E-state index in [0.29, 0.717) is 38.4 Å². The van der Waals surface area contributed by atoms with E-state index in [0.717, 1.165) is 53.8 Å². The van der Waals surface area contributed by atoms with Gasteiger partial charge in [-0.15, -0.1) is 0 Å². The molecule has 2 aromatic carbocycles. The Hall–Kier alpha value is -2.77. The first-order valence-corrected chi connectivity index (χ1v) is 15.0. The van der Waals surface area contributed by atoms with Crippen molar-refractivity contribution in [2.45, 2.75) is 11.8 Å². The number of aryl methyl sites for hydroxylation is 1. The molecule has 0 unspecified atom stereocenters. The van der Waals surface area contributed by atoms with Crippen LogP contribution in [0, 0.1) is 6.92 Å². The number of nitrogens with zero attached hydrogens (tertiary/aromatic N) is 4. The summed E-state index contributed by atoms with van der Waals surface area (Å²) in [5.41, 5.74) is 2.56.